The highest BCUT2D eigenvalue weighted by molar-refractivity contribution is 5.76. The van der Waals surface area contributed by atoms with Crippen LogP contribution in [0, 0.1) is 17.8 Å². The van der Waals surface area contributed by atoms with E-state index in [-0.39, 0.29) is 55.0 Å². The molecule has 41 heavy (non-hydrogen) atoms. The molecule has 0 radical (unpaired) electrons. The number of hydrogen-bond acceptors (Lipinski definition) is 12. The molecule has 0 aliphatic rings. The fraction of sp³-hybridized carbons (Fsp3) is 0.655. The molecule has 1 aromatic rings. The molecule has 1 rings (SSSR count). The quantitative estimate of drug-likeness (QED) is 0.169. The average molecular weight is 584 g/mol. The number of benzene rings is 1. The van der Waals surface area contributed by atoms with Crippen LogP contribution in [0.1, 0.15) is 67.9 Å². The molecule has 1 aromatic carbocycles. The van der Waals surface area contributed by atoms with Crippen LogP contribution in [0.3, 0.4) is 0 Å². The van der Waals surface area contributed by atoms with E-state index >= 15 is 0 Å². The van der Waals surface area contributed by atoms with Crippen LogP contribution in [0.2, 0.25) is 0 Å². The molecule has 0 aliphatic heterocycles. The van der Waals surface area contributed by atoms with Crippen LogP contribution in [0.15, 0.2) is 18.2 Å². The Morgan fingerprint density at radius 2 is 1.15 bits per heavy atom. The summed E-state index contributed by atoms with van der Waals surface area (Å²) in [6.45, 7) is 16.4. The van der Waals surface area contributed by atoms with E-state index in [1.807, 2.05) is 41.5 Å². The van der Waals surface area contributed by atoms with Crippen molar-refractivity contribution in [2.45, 2.75) is 93.1 Å². The Morgan fingerprint density at radius 3 is 1.66 bits per heavy atom. The minimum absolute atomic E-state index is 0.00971. The lowest BCUT2D eigenvalue weighted by molar-refractivity contribution is -0.155. The second-order valence-electron chi connectivity index (χ2n) is 11.0. The first kappa shape index (κ1) is 35.5. The molecule has 2 unspecified atom stereocenters. The SMILES string of the molecule is CC(C)COC(=O)Oc1ccc(C[C@H](N)C(=O)O[C@@H](C)C(C)OC(=O)OC(C)C(C)C)cc1OC(=O)OCC(C)C. The second-order valence-corrected chi connectivity index (χ2v) is 11.0. The van der Waals surface area contributed by atoms with Crippen molar-refractivity contribution >= 4 is 24.4 Å². The van der Waals surface area contributed by atoms with Crippen molar-refractivity contribution in [2.75, 3.05) is 13.2 Å². The Morgan fingerprint density at radius 1 is 0.659 bits per heavy atom. The molecule has 232 valence electrons. The van der Waals surface area contributed by atoms with Gasteiger partial charge < -0.3 is 38.9 Å². The summed E-state index contributed by atoms with van der Waals surface area (Å²) in [4.78, 5) is 48.9. The maximum atomic E-state index is 12.7. The first-order valence-corrected chi connectivity index (χ1v) is 13.7. The lowest BCUT2D eigenvalue weighted by Crippen LogP contribution is -2.39. The Balaban J connectivity index is 2.89. The van der Waals surface area contributed by atoms with Gasteiger partial charge in [-0.05, 0) is 62.6 Å². The topological polar surface area (TPSA) is 159 Å². The lowest BCUT2D eigenvalue weighted by atomic mass is 10.1. The number of carbonyl (C=O) groups is 4. The summed E-state index contributed by atoms with van der Waals surface area (Å²) < 4.78 is 36.3. The van der Waals surface area contributed by atoms with Crippen molar-refractivity contribution < 1.29 is 52.3 Å². The van der Waals surface area contributed by atoms with Crippen LogP contribution < -0.4 is 15.2 Å². The summed E-state index contributed by atoms with van der Waals surface area (Å²) in [7, 11) is 0. The summed E-state index contributed by atoms with van der Waals surface area (Å²) in [6, 6.07) is 3.22. The smallest absolute Gasteiger partial charge is 0.458 e. The molecule has 0 bridgehead atoms. The molecule has 12 nitrogen and oxygen atoms in total. The van der Waals surface area contributed by atoms with Crippen molar-refractivity contribution in [3.63, 3.8) is 0 Å². The zero-order valence-electron chi connectivity index (χ0n) is 25.5. The Kier molecular flexibility index (Phi) is 15.0. The Hall–Kier alpha value is -3.54. The molecule has 2 N–H and O–H groups in total. The minimum Gasteiger partial charge on any atom is -0.458 e. The van der Waals surface area contributed by atoms with E-state index in [1.165, 1.54) is 12.1 Å². The molecule has 0 aromatic heterocycles. The summed E-state index contributed by atoms with van der Waals surface area (Å²) in [5, 5.41) is 0. The van der Waals surface area contributed by atoms with Gasteiger partial charge in [0.1, 0.15) is 24.4 Å². The molecule has 0 amide bonds. The van der Waals surface area contributed by atoms with Gasteiger partial charge in [0.05, 0.1) is 13.2 Å². The fourth-order valence-corrected chi connectivity index (χ4v) is 2.82. The second kappa shape index (κ2) is 17.3. The summed E-state index contributed by atoms with van der Waals surface area (Å²) in [5.74, 6) is -0.673. The molecule has 0 spiro atoms. The number of esters is 1. The first-order valence-electron chi connectivity index (χ1n) is 13.7. The van der Waals surface area contributed by atoms with Crippen LogP contribution in [-0.2, 0) is 34.9 Å². The summed E-state index contributed by atoms with van der Waals surface area (Å²) in [5.41, 5.74) is 6.55. The fourth-order valence-electron chi connectivity index (χ4n) is 2.82. The van der Waals surface area contributed by atoms with E-state index in [4.69, 9.17) is 38.9 Å². The van der Waals surface area contributed by atoms with Gasteiger partial charge in [0.2, 0.25) is 0 Å². The monoisotopic (exact) mass is 583 g/mol. The number of carbonyl (C=O) groups excluding carboxylic acids is 4. The number of nitrogens with two attached hydrogens (primary N) is 1. The van der Waals surface area contributed by atoms with Crippen LogP contribution in [-0.4, -0.2) is 62.0 Å². The van der Waals surface area contributed by atoms with E-state index in [2.05, 4.69) is 0 Å². The first-order chi connectivity index (χ1) is 19.1. The van der Waals surface area contributed by atoms with Crippen LogP contribution in [0.25, 0.3) is 0 Å². The van der Waals surface area contributed by atoms with Gasteiger partial charge in [0, 0.05) is 0 Å². The van der Waals surface area contributed by atoms with Crippen molar-refractivity contribution in [3.05, 3.63) is 23.8 Å². The van der Waals surface area contributed by atoms with Crippen LogP contribution in [0.4, 0.5) is 14.4 Å². The van der Waals surface area contributed by atoms with E-state index in [0.29, 0.717) is 5.56 Å². The van der Waals surface area contributed by atoms with Gasteiger partial charge in [-0.3, -0.25) is 4.79 Å². The lowest BCUT2D eigenvalue weighted by Gasteiger charge is -2.23. The van der Waals surface area contributed by atoms with Gasteiger partial charge in [0.15, 0.2) is 11.5 Å². The molecule has 0 aliphatic carbocycles. The Labute approximate surface area is 242 Å². The highest BCUT2D eigenvalue weighted by atomic mass is 16.8. The molecule has 4 atom stereocenters. The third kappa shape index (κ3) is 14.1. The van der Waals surface area contributed by atoms with Gasteiger partial charge in [-0.25, -0.2) is 14.4 Å². The van der Waals surface area contributed by atoms with E-state index in [1.54, 1.807) is 26.8 Å². The van der Waals surface area contributed by atoms with Gasteiger partial charge in [-0.1, -0.05) is 47.6 Å². The maximum Gasteiger partial charge on any atom is 0.513 e. The average Bonchev–Trinajstić information content (AvgIpc) is 2.87. The van der Waals surface area contributed by atoms with Gasteiger partial charge >= 0.3 is 24.4 Å². The zero-order valence-corrected chi connectivity index (χ0v) is 25.5. The molecule has 0 fully saturated rings. The van der Waals surface area contributed by atoms with Crippen molar-refractivity contribution in [1.29, 1.82) is 0 Å². The van der Waals surface area contributed by atoms with Gasteiger partial charge in [-0.15, -0.1) is 0 Å². The summed E-state index contributed by atoms with van der Waals surface area (Å²) >= 11 is 0. The van der Waals surface area contributed by atoms with Crippen LogP contribution in [0.5, 0.6) is 11.5 Å². The van der Waals surface area contributed by atoms with Crippen molar-refractivity contribution in [3.8, 4) is 11.5 Å². The molecule has 0 saturated carbocycles. The maximum absolute atomic E-state index is 12.7. The third-order valence-corrected chi connectivity index (χ3v) is 5.69. The van der Waals surface area contributed by atoms with Crippen molar-refractivity contribution in [2.24, 2.45) is 23.5 Å². The Bertz CT molecular complexity index is 1010. The zero-order chi connectivity index (χ0) is 31.3. The highest BCUT2D eigenvalue weighted by Crippen LogP contribution is 2.30. The summed E-state index contributed by atoms with van der Waals surface area (Å²) in [6.07, 6.45) is -4.77. The van der Waals surface area contributed by atoms with Crippen LogP contribution >= 0.6 is 0 Å². The predicted octanol–water partition coefficient (Wildman–Crippen LogP) is 5.42. The van der Waals surface area contributed by atoms with E-state index in [9.17, 15) is 19.2 Å². The molecular formula is C29H45NO11. The molecule has 12 heteroatoms. The minimum atomic E-state index is -1.11. The molecule has 0 saturated heterocycles. The molecule has 0 heterocycles. The molecular weight excluding hydrogens is 538 g/mol. The normalized spacial score (nSPS) is 14.1. The standard InChI is InChI=1S/C29H45NO11/c1-16(2)14-35-27(32)40-24-11-10-22(13-25(24)41-28(33)36-15-17(3)4)12-23(30)26(31)37-20(8)21(9)39-29(34)38-19(7)18(5)6/h10-11,13,16-21,23H,12,14-15,30H2,1-9H3/t19?,20-,21?,23-/m0/s1. The predicted molar refractivity (Wildman–Crippen MR) is 149 cm³/mol. The van der Waals surface area contributed by atoms with Gasteiger partial charge in [0.25, 0.3) is 0 Å². The van der Waals surface area contributed by atoms with E-state index in [0.717, 1.165) is 0 Å². The number of hydrogen-bond donors (Lipinski definition) is 1. The number of ether oxygens (including phenoxy) is 7. The third-order valence-electron chi connectivity index (χ3n) is 5.69. The van der Waals surface area contributed by atoms with E-state index < -0.39 is 42.7 Å². The van der Waals surface area contributed by atoms with Crippen molar-refractivity contribution in [1.82, 2.24) is 0 Å². The van der Waals surface area contributed by atoms with Gasteiger partial charge in [-0.2, -0.15) is 0 Å². The number of rotatable bonds is 14. The largest absolute Gasteiger partial charge is 0.513 e. The highest BCUT2D eigenvalue weighted by Gasteiger charge is 2.26.